The number of hydrogen-bond donors (Lipinski definition) is 2. The van der Waals surface area contributed by atoms with Crippen molar-refractivity contribution < 1.29 is 14.3 Å². The zero-order chi connectivity index (χ0) is 17.5. The highest BCUT2D eigenvalue weighted by Gasteiger charge is 2.11. The van der Waals surface area contributed by atoms with E-state index in [2.05, 4.69) is 5.32 Å². The quantitative estimate of drug-likeness (QED) is 0.741. The smallest absolute Gasteiger partial charge is 0.224 e. The Hall–Kier alpha value is -2.40. The zero-order valence-electron chi connectivity index (χ0n) is 14.7. The number of ether oxygens (including phenoxy) is 2. The molecule has 5 nitrogen and oxygen atoms in total. The molecule has 1 amide bonds. The topological polar surface area (TPSA) is 73.6 Å². The molecule has 1 unspecified atom stereocenters. The molecule has 0 aliphatic heterocycles. The highest BCUT2D eigenvalue weighted by molar-refractivity contribution is 5.85. The molecule has 0 aromatic heterocycles. The molecule has 0 spiro atoms. The van der Waals surface area contributed by atoms with E-state index < -0.39 is 0 Å². The van der Waals surface area contributed by atoms with Crippen molar-refractivity contribution in [3.05, 3.63) is 53.6 Å². The molecule has 1 atom stereocenters. The molecule has 2 rings (SSSR count). The second-order valence-corrected chi connectivity index (χ2v) is 5.78. The van der Waals surface area contributed by atoms with E-state index >= 15 is 0 Å². The van der Waals surface area contributed by atoms with Crippen molar-refractivity contribution >= 4 is 24.0 Å². The van der Waals surface area contributed by atoms with Gasteiger partial charge in [0.1, 0.15) is 0 Å². The summed E-state index contributed by atoms with van der Waals surface area (Å²) < 4.78 is 10.5. The molecule has 0 aliphatic rings. The number of amides is 1. The van der Waals surface area contributed by atoms with Crippen LogP contribution in [0.15, 0.2) is 42.5 Å². The number of nitrogens with two attached hydrogens (primary N) is 1. The molecule has 2 aromatic rings. The van der Waals surface area contributed by atoms with Crippen molar-refractivity contribution in [3.8, 4) is 11.5 Å². The first-order valence-corrected chi connectivity index (χ1v) is 7.86. The molecule has 0 radical (unpaired) electrons. The third kappa shape index (κ3) is 6.19. The number of nitrogen functional groups attached to an aromatic ring is 1. The van der Waals surface area contributed by atoms with Crippen LogP contribution in [0.4, 0.5) is 5.69 Å². The molecule has 3 N–H and O–H groups in total. The van der Waals surface area contributed by atoms with Crippen molar-refractivity contribution in [2.75, 3.05) is 20.0 Å². The fraction of sp³-hybridized carbons (Fsp3) is 0.316. The minimum atomic E-state index is -0.00671. The SMILES string of the molecule is COc1ccc(CC(C)NC(=O)Cc2ccc(N)cc2)cc1OC.Cl. The van der Waals surface area contributed by atoms with Gasteiger partial charge in [-0.2, -0.15) is 0 Å². The Bertz CT molecular complexity index is 690. The summed E-state index contributed by atoms with van der Waals surface area (Å²) >= 11 is 0. The number of rotatable bonds is 7. The second kappa shape index (κ2) is 9.79. The molecule has 0 saturated heterocycles. The third-order valence-electron chi connectivity index (χ3n) is 3.74. The Balaban J connectivity index is 0.00000312. The lowest BCUT2D eigenvalue weighted by Crippen LogP contribution is -2.35. The van der Waals surface area contributed by atoms with E-state index in [-0.39, 0.29) is 24.4 Å². The van der Waals surface area contributed by atoms with Gasteiger partial charge in [0.15, 0.2) is 11.5 Å². The molecule has 6 heteroatoms. The van der Waals surface area contributed by atoms with Crippen molar-refractivity contribution in [3.63, 3.8) is 0 Å². The van der Waals surface area contributed by atoms with Crippen LogP contribution in [-0.2, 0) is 17.6 Å². The van der Waals surface area contributed by atoms with Crippen LogP contribution in [0.1, 0.15) is 18.1 Å². The molecule has 0 bridgehead atoms. The molecule has 0 aliphatic carbocycles. The number of hydrogen-bond acceptors (Lipinski definition) is 4. The zero-order valence-corrected chi connectivity index (χ0v) is 15.6. The molecule has 0 saturated carbocycles. The van der Waals surface area contributed by atoms with E-state index in [0.717, 1.165) is 11.1 Å². The number of halogens is 1. The normalized spacial score (nSPS) is 11.2. The number of methoxy groups -OCH3 is 2. The van der Waals surface area contributed by atoms with Crippen LogP contribution in [0.2, 0.25) is 0 Å². The monoisotopic (exact) mass is 364 g/mol. The van der Waals surface area contributed by atoms with Crippen molar-refractivity contribution in [2.24, 2.45) is 0 Å². The number of benzene rings is 2. The summed E-state index contributed by atoms with van der Waals surface area (Å²) in [6.07, 6.45) is 1.06. The summed E-state index contributed by atoms with van der Waals surface area (Å²) in [7, 11) is 3.22. The molecule has 2 aromatic carbocycles. The summed E-state index contributed by atoms with van der Waals surface area (Å²) in [5.41, 5.74) is 8.37. The van der Waals surface area contributed by atoms with Gasteiger partial charge in [-0.15, -0.1) is 12.4 Å². The molecule has 0 fully saturated rings. The number of carbonyl (C=O) groups is 1. The van der Waals surface area contributed by atoms with Gasteiger partial charge in [-0.1, -0.05) is 18.2 Å². The Morgan fingerprint density at radius 1 is 1.04 bits per heavy atom. The van der Waals surface area contributed by atoms with Gasteiger partial charge in [0.2, 0.25) is 5.91 Å². The molecule has 0 heterocycles. The van der Waals surface area contributed by atoms with Crippen LogP contribution in [0, 0.1) is 0 Å². The Kier molecular flexibility index (Phi) is 8.08. The summed E-state index contributed by atoms with van der Waals surface area (Å²) in [6.45, 7) is 1.98. The maximum Gasteiger partial charge on any atom is 0.224 e. The lowest BCUT2D eigenvalue weighted by Gasteiger charge is -2.15. The molecular formula is C19H25ClN2O3. The van der Waals surface area contributed by atoms with E-state index in [1.54, 1.807) is 26.4 Å². The number of carbonyl (C=O) groups excluding carboxylic acids is 1. The van der Waals surface area contributed by atoms with Crippen LogP contribution in [0.25, 0.3) is 0 Å². The van der Waals surface area contributed by atoms with Gasteiger partial charge in [-0.3, -0.25) is 4.79 Å². The minimum Gasteiger partial charge on any atom is -0.493 e. The first-order valence-electron chi connectivity index (χ1n) is 7.86. The van der Waals surface area contributed by atoms with Crippen molar-refractivity contribution in [2.45, 2.75) is 25.8 Å². The van der Waals surface area contributed by atoms with Gasteiger partial charge < -0.3 is 20.5 Å². The van der Waals surface area contributed by atoms with E-state index in [9.17, 15) is 4.79 Å². The van der Waals surface area contributed by atoms with Gasteiger partial charge in [-0.05, 0) is 48.7 Å². The van der Waals surface area contributed by atoms with Crippen LogP contribution < -0.4 is 20.5 Å². The van der Waals surface area contributed by atoms with Gasteiger partial charge in [-0.25, -0.2) is 0 Å². The van der Waals surface area contributed by atoms with E-state index in [0.29, 0.717) is 30.0 Å². The maximum absolute atomic E-state index is 12.1. The highest BCUT2D eigenvalue weighted by atomic mass is 35.5. The molecular weight excluding hydrogens is 340 g/mol. The third-order valence-corrected chi connectivity index (χ3v) is 3.74. The Morgan fingerprint density at radius 3 is 2.24 bits per heavy atom. The van der Waals surface area contributed by atoms with E-state index in [1.165, 1.54) is 0 Å². The van der Waals surface area contributed by atoms with Crippen molar-refractivity contribution in [1.29, 1.82) is 0 Å². The van der Waals surface area contributed by atoms with Crippen LogP contribution >= 0.6 is 12.4 Å². The lowest BCUT2D eigenvalue weighted by atomic mass is 10.1. The fourth-order valence-corrected chi connectivity index (χ4v) is 2.56. The van der Waals surface area contributed by atoms with Gasteiger partial charge in [0.25, 0.3) is 0 Å². The Labute approximate surface area is 154 Å². The fourth-order valence-electron chi connectivity index (χ4n) is 2.56. The second-order valence-electron chi connectivity index (χ2n) is 5.78. The van der Waals surface area contributed by atoms with Crippen LogP contribution in [0.3, 0.4) is 0 Å². The van der Waals surface area contributed by atoms with Gasteiger partial charge >= 0.3 is 0 Å². The van der Waals surface area contributed by atoms with E-state index in [4.69, 9.17) is 15.2 Å². The average molecular weight is 365 g/mol. The first-order chi connectivity index (χ1) is 11.5. The van der Waals surface area contributed by atoms with Gasteiger partial charge in [0, 0.05) is 11.7 Å². The Morgan fingerprint density at radius 2 is 1.64 bits per heavy atom. The highest BCUT2D eigenvalue weighted by Crippen LogP contribution is 2.27. The maximum atomic E-state index is 12.1. The first kappa shape index (κ1) is 20.6. The summed E-state index contributed by atoms with van der Waals surface area (Å²) in [5.74, 6) is 1.38. The average Bonchev–Trinajstić information content (AvgIpc) is 2.56. The summed E-state index contributed by atoms with van der Waals surface area (Å²) in [5, 5.41) is 3.02. The molecule has 136 valence electrons. The molecule has 25 heavy (non-hydrogen) atoms. The minimum absolute atomic E-state index is 0. The summed E-state index contributed by atoms with van der Waals surface area (Å²) in [4.78, 5) is 12.1. The largest absolute Gasteiger partial charge is 0.493 e. The van der Waals surface area contributed by atoms with E-state index in [1.807, 2.05) is 37.3 Å². The van der Waals surface area contributed by atoms with Gasteiger partial charge in [0.05, 0.1) is 20.6 Å². The van der Waals surface area contributed by atoms with Crippen molar-refractivity contribution in [1.82, 2.24) is 5.32 Å². The van der Waals surface area contributed by atoms with Crippen LogP contribution in [0.5, 0.6) is 11.5 Å². The van der Waals surface area contributed by atoms with Crippen LogP contribution in [-0.4, -0.2) is 26.2 Å². The predicted octanol–water partition coefficient (Wildman–Crippen LogP) is 3.00. The standard InChI is InChI=1S/C19H24N2O3.ClH/c1-13(10-15-6-9-17(23-2)18(11-15)24-3)21-19(22)12-14-4-7-16(20)8-5-14;/h4-9,11,13H,10,12,20H2,1-3H3,(H,21,22);1H. The lowest BCUT2D eigenvalue weighted by molar-refractivity contribution is -0.121. The summed E-state index contributed by atoms with van der Waals surface area (Å²) in [6, 6.07) is 13.1. The predicted molar refractivity (Wildman–Crippen MR) is 103 cm³/mol. The number of anilines is 1. The number of nitrogens with one attached hydrogen (secondary N) is 1.